The Labute approximate surface area is 333 Å². The summed E-state index contributed by atoms with van der Waals surface area (Å²) in [5, 5.41) is 6.27. The van der Waals surface area contributed by atoms with Gasteiger partial charge in [-0.1, -0.05) is 155 Å². The van der Waals surface area contributed by atoms with E-state index in [0.29, 0.717) is 56.0 Å². The largest absolute Gasteiger partial charge is 0.490 e. The summed E-state index contributed by atoms with van der Waals surface area (Å²) in [6, 6.07) is 13.0. The van der Waals surface area contributed by atoms with Crippen LogP contribution < -0.4 is 28.4 Å². The zero-order valence-electron chi connectivity index (χ0n) is 35.6. The maximum absolute atomic E-state index is 7.01. The van der Waals surface area contributed by atoms with E-state index in [1.54, 1.807) is 7.11 Å². The second kappa shape index (κ2) is 25.6. The lowest BCUT2D eigenvalue weighted by Crippen LogP contribution is -2.09. The van der Waals surface area contributed by atoms with Crippen LogP contribution in [-0.4, -0.2) is 40.1 Å². The lowest BCUT2D eigenvalue weighted by molar-refractivity contribution is 0.239. The van der Waals surface area contributed by atoms with Crippen molar-refractivity contribution in [1.82, 2.24) is 0 Å². The Bertz CT molecular complexity index is 1680. The summed E-state index contributed by atoms with van der Waals surface area (Å²) < 4.78 is 40.7. The van der Waals surface area contributed by atoms with Crippen LogP contribution >= 0.6 is 0 Å². The molecule has 0 unspecified atom stereocenters. The van der Waals surface area contributed by atoms with E-state index in [4.69, 9.17) is 28.4 Å². The van der Waals surface area contributed by atoms with Crippen molar-refractivity contribution in [3.05, 3.63) is 36.4 Å². The average Bonchev–Trinajstić information content (AvgIpc) is 3.21. The molecule has 0 bridgehead atoms. The number of hydrogen-bond donors (Lipinski definition) is 0. The normalized spacial score (nSPS) is 11.5. The van der Waals surface area contributed by atoms with Crippen LogP contribution in [0.2, 0.25) is 0 Å². The number of unbranched alkanes of at least 4 members (excludes halogenated alkanes) is 15. The van der Waals surface area contributed by atoms with Crippen LogP contribution in [0, 0.1) is 0 Å². The predicted molar refractivity (Wildman–Crippen MR) is 234 cm³/mol. The van der Waals surface area contributed by atoms with E-state index < -0.39 is 0 Å². The number of benzene rings is 4. The summed E-state index contributed by atoms with van der Waals surface area (Å²) in [6.45, 7) is 14.2. The van der Waals surface area contributed by atoms with Gasteiger partial charge in [-0.2, -0.15) is 0 Å². The van der Waals surface area contributed by atoms with E-state index >= 15 is 0 Å². The Balaban J connectivity index is 2.08. The Morgan fingerprint density at radius 1 is 0.327 bits per heavy atom. The van der Waals surface area contributed by atoms with Gasteiger partial charge in [0.2, 0.25) is 11.5 Å². The Morgan fingerprint density at radius 3 is 1.18 bits per heavy atom. The number of hydrogen-bond acceptors (Lipinski definition) is 6. The molecule has 0 amide bonds. The Kier molecular flexibility index (Phi) is 20.6. The van der Waals surface area contributed by atoms with Gasteiger partial charge in [-0.15, -0.1) is 0 Å². The zero-order chi connectivity index (χ0) is 39.1. The third-order valence-corrected chi connectivity index (χ3v) is 10.6. The van der Waals surface area contributed by atoms with Crippen LogP contribution in [-0.2, 0) is 0 Å². The van der Waals surface area contributed by atoms with Crippen LogP contribution in [0.3, 0.4) is 0 Å². The molecule has 0 saturated heterocycles. The fourth-order valence-corrected chi connectivity index (χ4v) is 7.50. The molecule has 0 aliphatic heterocycles. The SMILES string of the molecule is CCCCCCOc1ccc2c3ccccc3c3c(OCCCCCC)c(OC)c(OCCCCCC)c(OCCCCCC)c3c2c1OCCCCCC. The van der Waals surface area contributed by atoms with Gasteiger partial charge in [0.1, 0.15) is 0 Å². The fourth-order valence-electron chi connectivity index (χ4n) is 7.50. The third-order valence-electron chi connectivity index (χ3n) is 10.6. The molecule has 4 rings (SSSR count). The molecule has 0 aromatic heterocycles. The summed E-state index contributed by atoms with van der Waals surface area (Å²) in [5.41, 5.74) is 0. The Morgan fingerprint density at radius 2 is 0.709 bits per heavy atom. The topological polar surface area (TPSA) is 55.4 Å². The average molecular weight is 759 g/mol. The smallest absolute Gasteiger partial charge is 0.208 e. The van der Waals surface area contributed by atoms with Gasteiger partial charge in [-0.3, -0.25) is 0 Å². The van der Waals surface area contributed by atoms with Gasteiger partial charge in [0.15, 0.2) is 23.0 Å². The molecular weight excluding hydrogens is 685 g/mol. The van der Waals surface area contributed by atoms with Crippen molar-refractivity contribution in [2.24, 2.45) is 0 Å². The van der Waals surface area contributed by atoms with Gasteiger partial charge in [-0.05, 0) is 60.4 Å². The van der Waals surface area contributed by atoms with Gasteiger partial charge in [0, 0.05) is 16.2 Å². The monoisotopic (exact) mass is 759 g/mol. The molecule has 6 nitrogen and oxygen atoms in total. The molecule has 306 valence electrons. The minimum Gasteiger partial charge on any atom is -0.490 e. The second-order valence-corrected chi connectivity index (χ2v) is 15.2. The molecule has 0 aliphatic carbocycles. The first-order valence-corrected chi connectivity index (χ1v) is 22.3. The lowest BCUT2D eigenvalue weighted by Gasteiger charge is -2.25. The fraction of sp³-hybridized carbons (Fsp3) is 0.633. The Hall–Kier alpha value is -3.54. The number of methoxy groups -OCH3 is 1. The maximum atomic E-state index is 7.01. The first kappa shape index (κ1) is 44.2. The van der Waals surface area contributed by atoms with E-state index in [9.17, 15) is 0 Å². The molecular formula is C49H74O6. The number of ether oxygens (including phenoxy) is 6. The molecule has 0 saturated carbocycles. The van der Waals surface area contributed by atoms with Crippen molar-refractivity contribution < 1.29 is 28.4 Å². The molecule has 0 spiro atoms. The first-order chi connectivity index (χ1) is 27.2. The van der Waals surface area contributed by atoms with Gasteiger partial charge in [-0.25, -0.2) is 0 Å². The minimum atomic E-state index is 0.572. The molecule has 0 N–H and O–H groups in total. The highest BCUT2D eigenvalue weighted by Crippen LogP contribution is 2.57. The van der Waals surface area contributed by atoms with Crippen molar-refractivity contribution in [3.63, 3.8) is 0 Å². The van der Waals surface area contributed by atoms with E-state index in [1.807, 2.05) is 0 Å². The van der Waals surface area contributed by atoms with E-state index in [0.717, 1.165) is 108 Å². The van der Waals surface area contributed by atoms with Crippen LogP contribution in [0.5, 0.6) is 34.5 Å². The van der Waals surface area contributed by atoms with Gasteiger partial charge in [0.05, 0.1) is 40.1 Å². The second-order valence-electron chi connectivity index (χ2n) is 15.2. The maximum Gasteiger partial charge on any atom is 0.208 e. The van der Waals surface area contributed by atoms with Crippen molar-refractivity contribution in [1.29, 1.82) is 0 Å². The number of rotatable bonds is 31. The van der Waals surface area contributed by atoms with E-state index in [-0.39, 0.29) is 0 Å². The van der Waals surface area contributed by atoms with Crippen molar-refractivity contribution >= 4 is 32.3 Å². The summed E-state index contributed by atoms with van der Waals surface area (Å²) in [4.78, 5) is 0. The number of fused-ring (bicyclic) bond motifs is 6. The summed E-state index contributed by atoms with van der Waals surface area (Å²) in [5.74, 6) is 4.23. The summed E-state index contributed by atoms with van der Waals surface area (Å²) >= 11 is 0. The molecule has 6 heteroatoms. The summed E-state index contributed by atoms with van der Waals surface area (Å²) in [7, 11) is 1.73. The van der Waals surface area contributed by atoms with Gasteiger partial charge in [0.25, 0.3) is 0 Å². The molecule has 0 atom stereocenters. The molecule has 0 fully saturated rings. The van der Waals surface area contributed by atoms with Crippen LogP contribution in [0.25, 0.3) is 32.3 Å². The van der Waals surface area contributed by atoms with Gasteiger partial charge < -0.3 is 28.4 Å². The molecule has 0 radical (unpaired) electrons. The standard InChI is InChI=1S/C49H74O6/c1-7-12-17-24-33-51-41-32-31-40-38-29-22-23-30-39(38)43-44(42(40)45(41)52-34-25-18-13-8-2)47(54-36-27-20-15-10-4)49(55-37-28-21-16-11-5)48(50-6)46(43)53-35-26-19-14-9-3/h22-23,29-32H,7-21,24-28,33-37H2,1-6H3. The molecule has 0 aliphatic rings. The minimum absolute atomic E-state index is 0.572. The van der Waals surface area contributed by atoms with Crippen LogP contribution in [0.1, 0.15) is 163 Å². The van der Waals surface area contributed by atoms with E-state index in [2.05, 4.69) is 71.0 Å². The highest BCUT2D eigenvalue weighted by Gasteiger charge is 2.30. The molecule has 4 aromatic carbocycles. The third kappa shape index (κ3) is 12.5. The first-order valence-electron chi connectivity index (χ1n) is 22.3. The quantitative estimate of drug-likeness (QED) is 0.0376. The highest BCUT2D eigenvalue weighted by atomic mass is 16.6. The van der Waals surface area contributed by atoms with Crippen molar-refractivity contribution in [2.45, 2.75) is 163 Å². The molecule has 4 aromatic rings. The molecule has 55 heavy (non-hydrogen) atoms. The van der Waals surface area contributed by atoms with Crippen LogP contribution in [0.15, 0.2) is 36.4 Å². The lowest BCUT2D eigenvalue weighted by atomic mass is 9.91. The van der Waals surface area contributed by atoms with Crippen LogP contribution in [0.4, 0.5) is 0 Å². The van der Waals surface area contributed by atoms with E-state index in [1.165, 1.54) is 64.2 Å². The van der Waals surface area contributed by atoms with Crippen molar-refractivity contribution in [3.8, 4) is 34.5 Å². The zero-order valence-corrected chi connectivity index (χ0v) is 35.6. The predicted octanol–water partition coefficient (Wildman–Crippen LogP) is 15.0. The van der Waals surface area contributed by atoms with Crippen molar-refractivity contribution in [2.75, 3.05) is 40.1 Å². The highest BCUT2D eigenvalue weighted by molar-refractivity contribution is 6.31. The summed E-state index contributed by atoms with van der Waals surface area (Å²) in [6.07, 6.45) is 22.4. The van der Waals surface area contributed by atoms with Gasteiger partial charge >= 0.3 is 0 Å². The molecule has 0 heterocycles.